The molecule has 4 nitrogen and oxygen atoms in total. The zero-order chi connectivity index (χ0) is 19.4. The molecular formula is C22H25N3OS. The van der Waals surface area contributed by atoms with E-state index >= 15 is 0 Å². The number of benzene rings is 1. The van der Waals surface area contributed by atoms with Crippen molar-refractivity contribution in [3.05, 3.63) is 52.2 Å². The second-order valence-corrected chi connectivity index (χ2v) is 8.26. The Morgan fingerprint density at radius 1 is 1.26 bits per heavy atom. The van der Waals surface area contributed by atoms with E-state index in [4.69, 9.17) is 4.98 Å². The van der Waals surface area contributed by atoms with Gasteiger partial charge in [0.05, 0.1) is 10.8 Å². The van der Waals surface area contributed by atoms with E-state index in [1.54, 1.807) is 0 Å². The molecule has 2 aromatic rings. The lowest BCUT2D eigenvalue weighted by atomic mass is 9.95. The smallest absolute Gasteiger partial charge is 0.237 e. The molecule has 1 heterocycles. The first-order chi connectivity index (χ1) is 13.0. The number of nitrogens with zero attached hydrogens (tertiary/aromatic N) is 2. The van der Waals surface area contributed by atoms with Gasteiger partial charge in [-0.15, -0.1) is 0 Å². The van der Waals surface area contributed by atoms with Crippen LogP contribution in [0.15, 0.2) is 29.3 Å². The van der Waals surface area contributed by atoms with E-state index < -0.39 is 0 Å². The van der Waals surface area contributed by atoms with E-state index in [-0.39, 0.29) is 11.2 Å². The number of thioether (sulfide) groups is 1. The second-order valence-electron chi connectivity index (χ2n) is 7.07. The molecule has 1 aromatic heterocycles. The number of nitriles is 1. The number of pyridine rings is 1. The van der Waals surface area contributed by atoms with Gasteiger partial charge >= 0.3 is 0 Å². The van der Waals surface area contributed by atoms with Gasteiger partial charge in [0.15, 0.2) is 0 Å². The largest absolute Gasteiger partial charge is 0.325 e. The summed E-state index contributed by atoms with van der Waals surface area (Å²) >= 11 is 1.40. The molecule has 0 aliphatic heterocycles. The van der Waals surface area contributed by atoms with Gasteiger partial charge in [-0.25, -0.2) is 4.98 Å². The van der Waals surface area contributed by atoms with E-state index in [0.29, 0.717) is 17.0 Å². The zero-order valence-electron chi connectivity index (χ0n) is 16.1. The van der Waals surface area contributed by atoms with Crippen LogP contribution in [0.4, 0.5) is 5.69 Å². The van der Waals surface area contributed by atoms with E-state index in [9.17, 15) is 10.1 Å². The molecule has 1 aromatic carbocycles. The highest BCUT2D eigenvalue weighted by molar-refractivity contribution is 8.00. The first-order valence-electron chi connectivity index (χ1n) is 9.49. The number of hydrogen-bond acceptors (Lipinski definition) is 4. The summed E-state index contributed by atoms with van der Waals surface area (Å²) in [6.07, 6.45) is 4.92. The molecule has 1 amide bonds. The second kappa shape index (κ2) is 8.58. The summed E-state index contributed by atoms with van der Waals surface area (Å²) in [7, 11) is 0. The van der Waals surface area contributed by atoms with Gasteiger partial charge in [-0.1, -0.05) is 24.8 Å². The molecule has 27 heavy (non-hydrogen) atoms. The monoisotopic (exact) mass is 379 g/mol. The van der Waals surface area contributed by atoms with Crippen LogP contribution in [0.2, 0.25) is 0 Å². The summed E-state index contributed by atoms with van der Waals surface area (Å²) in [5.74, 6) is -0.0471. The fourth-order valence-corrected chi connectivity index (χ4v) is 4.28. The number of anilines is 1. The van der Waals surface area contributed by atoms with Crippen molar-refractivity contribution in [2.24, 2.45) is 0 Å². The summed E-state index contributed by atoms with van der Waals surface area (Å²) in [6.45, 7) is 6.08. The zero-order valence-corrected chi connectivity index (χ0v) is 16.9. The van der Waals surface area contributed by atoms with Crippen LogP contribution < -0.4 is 5.32 Å². The van der Waals surface area contributed by atoms with Crippen LogP contribution in [0, 0.1) is 25.2 Å². The van der Waals surface area contributed by atoms with Gasteiger partial charge in [0.1, 0.15) is 11.1 Å². The number of amides is 1. The van der Waals surface area contributed by atoms with Crippen molar-refractivity contribution in [1.82, 2.24) is 4.98 Å². The molecule has 0 saturated heterocycles. The van der Waals surface area contributed by atoms with Gasteiger partial charge in [0, 0.05) is 11.4 Å². The minimum absolute atomic E-state index is 0.0471. The Kier molecular flexibility index (Phi) is 6.18. The first kappa shape index (κ1) is 19.4. The van der Waals surface area contributed by atoms with Crippen LogP contribution in [-0.2, 0) is 17.6 Å². The van der Waals surface area contributed by atoms with Crippen LogP contribution >= 0.6 is 11.8 Å². The van der Waals surface area contributed by atoms with Crippen LogP contribution in [0.3, 0.4) is 0 Å². The van der Waals surface area contributed by atoms with E-state index in [1.165, 1.54) is 22.9 Å². The first-order valence-corrected chi connectivity index (χ1v) is 10.4. The fraction of sp³-hybridized carbons (Fsp3) is 0.409. The Bertz CT molecular complexity index is 901. The molecule has 0 spiro atoms. The highest BCUT2D eigenvalue weighted by atomic mass is 32.2. The Labute approximate surface area is 165 Å². The summed E-state index contributed by atoms with van der Waals surface area (Å²) in [5.41, 5.74) is 6.02. The van der Waals surface area contributed by atoms with E-state index in [0.717, 1.165) is 42.6 Å². The predicted octanol–water partition coefficient (Wildman–Crippen LogP) is 4.96. The van der Waals surface area contributed by atoms with Crippen molar-refractivity contribution in [3.8, 4) is 6.07 Å². The minimum atomic E-state index is -0.284. The molecule has 1 atom stereocenters. The SMILES string of the molecule is CCC(Sc1nc2c(cc1C#N)CCCC2)C(=O)Nc1ccc(C)c(C)c1. The lowest BCUT2D eigenvalue weighted by Gasteiger charge is -2.19. The van der Waals surface area contributed by atoms with Gasteiger partial charge in [0.2, 0.25) is 5.91 Å². The number of fused-ring (bicyclic) bond motifs is 1. The summed E-state index contributed by atoms with van der Waals surface area (Å²) in [6, 6.07) is 10.2. The predicted molar refractivity (Wildman–Crippen MR) is 110 cm³/mol. The molecule has 5 heteroatoms. The Morgan fingerprint density at radius 3 is 2.74 bits per heavy atom. The van der Waals surface area contributed by atoms with Crippen LogP contribution in [0.1, 0.15) is 54.1 Å². The van der Waals surface area contributed by atoms with Crippen molar-refractivity contribution in [1.29, 1.82) is 5.26 Å². The molecule has 0 bridgehead atoms. The number of aryl methyl sites for hydroxylation is 4. The van der Waals surface area contributed by atoms with Crippen LogP contribution in [0.5, 0.6) is 0 Å². The highest BCUT2D eigenvalue weighted by Gasteiger charge is 2.23. The maximum Gasteiger partial charge on any atom is 0.237 e. The van der Waals surface area contributed by atoms with Crippen molar-refractivity contribution in [2.75, 3.05) is 5.32 Å². The summed E-state index contributed by atoms with van der Waals surface area (Å²) < 4.78 is 0. The number of carbonyl (C=O) groups is 1. The topological polar surface area (TPSA) is 65.8 Å². The molecule has 0 radical (unpaired) electrons. The molecule has 0 fully saturated rings. The number of aromatic nitrogens is 1. The molecule has 1 aliphatic carbocycles. The average molecular weight is 380 g/mol. The Morgan fingerprint density at radius 2 is 2.04 bits per heavy atom. The molecular weight excluding hydrogens is 354 g/mol. The van der Waals surface area contributed by atoms with Gasteiger partial charge in [0.25, 0.3) is 0 Å². The quantitative estimate of drug-likeness (QED) is 0.746. The summed E-state index contributed by atoms with van der Waals surface area (Å²) in [5, 5.41) is 12.9. The van der Waals surface area contributed by atoms with Crippen molar-refractivity contribution >= 4 is 23.4 Å². The van der Waals surface area contributed by atoms with Gasteiger partial charge in [-0.3, -0.25) is 4.79 Å². The molecule has 3 rings (SSSR count). The molecule has 1 unspecified atom stereocenters. The molecule has 1 N–H and O–H groups in total. The van der Waals surface area contributed by atoms with Gasteiger partial charge < -0.3 is 5.32 Å². The van der Waals surface area contributed by atoms with Gasteiger partial charge in [-0.05, 0) is 80.8 Å². The standard InChI is InChI=1S/C22H25N3OS/c1-4-20(21(26)24-18-10-9-14(2)15(3)11-18)27-22-17(13-23)12-16-7-5-6-8-19(16)25-22/h9-12,20H,4-8H2,1-3H3,(H,24,26). The minimum Gasteiger partial charge on any atom is -0.325 e. The number of carbonyl (C=O) groups excluding carboxylic acids is 1. The summed E-state index contributed by atoms with van der Waals surface area (Å²) in [4.78, 5) is 17.5. The average Bonchev–Trinajstić information content (AvgIpc) is 2.68. The Balaban J connectivity index is 1.79. The molecule has 0 saturated carbocycles. The normalized spacial score (nSPS) is 14.1. The van der Waals surface area contributed by atoms with Crippen molar-refractivity contribution in [3.63, 3.8) is 0 Å². The fourth-order valence-electron chi connectivity index (χ4n) is 3.28. The third kappa shape index (κ3) is 4.51. The van der Waals surface area contributed by atoms with Crippen LogP contribution in [-0.4, -0.2) is 16.1 Å². The van der Waals surface area contributed by atoms with Crippen molar-refractivity contribution < 1.29 is 4.79 Å². The van der Waals surface area contributed by atoms with E-state index in [1.807, 2.05) is 38.1 Å². The third-order valence-electron chi connectivity index (χ3n) is 5.08. The maximum atomic E-state index is 12.8. The maximum absolute atomic E-state index is 12.8. The Hall–Kier alpha value is -2.32. The molecule has 1 aliphatic rings. The van der Waals surface area contributed by atoms with Crippen LogP contribution in [0.25, 0.3) is 0 Å². The lowest BCUT2D eigenvalue weighted by Crippen LogP contribution is -2.25. The number of rotatable bonds is 5. The van der Waals surface area contributed by atoms with Crippen molar-refractivity contribution in [2.45, 2.75) is 63.2 Å². The van der Waals surface area contributed by atoms with E-state index in [2.05, 4.69) is 18.3 Å². The number of nitrogens with one attached hydrogen (secondary N) is 1. The molecule has 140 valence electrons. The highest BCUT2D eigenvalue weighted by Crippen LogP contribution is 2.31. The van der Waals surface area contributed by atoms with Gasteiger partial charge in [-0.2, -0.15) is 5.26 Å². The lowest BCUT2D eigenvalue weighted by molar-refractivity contribution is -0.115. The number of hydrogen-bond donors (Lipinski definition) is 1. The third-order valence-corrected chi connectivity index (χ3v) is 6.44.